The van der Waals surface area contributed by atoms with Gasteiger partial charge in [0.05, 0.1) is 0 Å². The van der Waals surface area contributed by atoms with E-state index >= 15 is 0 Å². The standard InChI is InChI=1S/C17H26N2O2S/c1-11(12-6-8-13(22-5)9-7-12)18-14-10-15(14)19-16(20)21-17(2,3)4/h6-9,11,14-15,18H,10H2,1-5H3,(H,19,20). The number of hydrogen-bond donors (Lipinski definition) is 2. The molecule has 122 valence electrons. The first kappa shape index (κ1) is 17.2. The zero-order valence-electron chi connectivity index (χ0n) is 14.0. The number of thioether (sulfide) groups is 1. The molecule has 0 saturated heterocycles. The van der Waals surface area contributed by atoms with Crippen LogP contribution in [-0.2, 0) is 4.74 Å². The van der Waals surface area contributed by atoms with E-state index in [1.165, 1.54) is 10.5 Å². The van der Waals surface area contributed by atoms with Crippen molar-refractivity contribution in [2.75, 3.05) is 6.26 Å². The van der Waals surface area contributed by atoms with Crippen LogP contribution in [0.15, 0.2) is 29.2 Å². The first-order valence-corrected chi connectivity index (χ1v) is 8.90. The number of rotatable bonds is 5. The van der Waals surface area contributed by atoms with Crippen molar-refractivity contribution >= 4 is 17.9 Å². The fraction of sp³-hybridized carbons (Fsp3) is 0.588. The largest absolute Gasteiger partial charge is 0.444 e. The summed E-state index contributed by atoms with van der Waals surface area (Å²) in [6.07, 6.45) is 2.69. The molecule has 1 aliphatic rings. The molecule has 0 heterocycles. The van der Waals surface area contributed by atoms with E-state index in [-0.39, 0.29) is 18.2 Å². The summed E-state index contributed by atoms with van der Waals surface area (Å²) < 4.78 is 5.27. The molecule has 0 aliphatic heterocycles. The third kappa shape index (κ3) is 5.21. The van der Waals surface area contributed by atoms with Crippen LogP contribution < -0.4 is 10.6 Å². The Morgan fingerprint density at radius 3 is 2.45 bits per heavy atom. The van der Waals surface area contributed by atoms with Crippen molar-refractivity contribution in [3.05, 3.63) is 29.8 Å². The quantitative estimate of drug-likeness (QED) is 0.811. The Bertz CT molecular complexity index is 510. The average molecular weight is 322 g/mol. The number of alkyl carbamates (subject to hydrolysis) is 1. The zero-order chi connectivity index (χ0) is 16.3. The van der Waals surface area contributed by atoms with E-state index in [0.29, 0.717) is 6.04 Å². The number of nitrogens with one attached hydrogen (secondary N) is 2. The maximum absolute atomic E-state index is 11.7. The highest BCUT2D eigenvalue weighted by Gasteiger charge is 2.39. The number of carbonyl (C=O) groups excluding carboxylic acids is 1. The van der Waals surface area contributed by atoms with Gasteiger partial charge in [-0.2, -0.15) is 0 Å². The molecular weight excluding hydrogens is 296 g/mol. The van der Waals surface area contributed by atoms with E-state index in [4.69, 9.17) is 4.74 Å². The van der Waals surface area contributed by atoms with Gasteiger partial charge in [-0.25, -0.2) is 4.79 Å². The Hall–Kier alpha value is -1.20. The van der Waals surface area contributed by atoms with E-state index in [1.807, 2.05) is 20.8 Å². The predicted molar refractivity (Wildman–Crippen MR) is 91.3 cm³/mol. The minimum Gasteiger partial charge on any atom is -0.444 e. The van der Waals surface area contributed by atoms with Crippen LogP contribution in [-0.4, -0.2) is 30.0 Å². The number of hydrogen-bond acceptors (Lipinski definition) is 4. The van der Waals surface area contributed by atoms with Gasteiger partial charge in [0, 0.05) is 23.0 Å². The first-order valence-electron chi connectivity index (χ1n) is 7.68. The minimum atomic E-state index is -0.450. The Labute approximate surface area is 137 Å². The molecule has 0 aromatic heterocycles. The summed E-state index contributed by atoms with van der Waals surface area (Å²) in [4.78, 5) is 13.0. The summed E-state index contributed by atoms with van der Waals surface area (Å²) >= 11 is 1.75. The van der Waals surface area contributed by atoms with Gasteiger partial charge in [0.15, 0.2) is 0 Å². The third-order valence-corrected chi connectivity index (χ3v) is 4.32. The summed E-state index contributed by atoms with van der Waals surface area (Å²) in [6.45, 7) is 7.76. The monoisotopic (exact) mass is 322 g/mol. The number of benzene rings is 1. The van der Waals surface area contributed by atoms with Gasteiger partial charge >= 0.3 is 6.09 Å². The molecule has 5 heteroatoms. The summed E-state index contributed by atoms with van der Waals surface area (Å²) in [5.74, 6) is 0. The predicted octanol–water partition coefficient (Wildman–Crippen LogP) is 3.72. The third-order valence-electron chi connectivity index (χ3n) is 3.57. The summed E-state index contributed by atoms with van der Waals surface area (Å²) in [7, 11) is 0. The molecule has 1 aromatic rings. The highest BCUT2D eigenvalue weighted by atomic mass is 32.2. The lowest BCUT2D eigenvalue weighted by molar-refractivity contribution is 0.0522. The topological polar surface area (TPSA) is 50.4 Å². The molecule has 1 saturated carbocycles. The molecule has 2 N–H and O–H groups in total. The zero-order valence-corrected chi connectivity index (χ0v) is 14.8. The second-order valence-corrected chi connectivity index (χ2v) is 7.64. The molecule has 0 spiro atoms. The van der Waals surface area contributed by atoms with Gasteiger partial charge < -0.3 is 15.4 Å². The molecule has 0 radical (unpaired) electrons. The van der Waals surface area contributed by atoms with Crippen LogP contribution in [0.25, 0.3) is 0 Å². The Morgan fingerprint density at radius 2 is 1.91 bits per heavy atom. The van der Waals surface area contributed by atoms with Crippen LogP contribution in [0.2, 0.25) is 0 Å². The molecule has 2 rings (SSSR count). The SMILES string of the molecule is CSc1ccc(C(C)NC2CC2NC(=O)OC(C)(C)C)cc1. The molecular formula is C17H26N2O2S. The highest BCUT2D eigenvalue weighted by molar-refractivity contribution is 7.98. The van der Waals surface area contributed by atoms with Crippen LogP contribution >= 0.6 is 11.8 Å². The second-order valence-electron chi connectivity index (χ2n) is 6.76. The van der Waals surface area contributed by atoms with Crippen molar-refractivity contribution in [1.82, 2.24) is 10.6 Å². The average Bonchev–Trinajstić information content (AvgIpc) is 3.14. The normalized spacial score (nSPS) is 22.0. The van der Waals surface area contributed by atoms with Crippen LogP contribution in [0, 0.1) is 0 Å². The van der Waals surface area contributed by atoms with Gasteiger partial charge in [0.1, 0.15) is 5.60 Å². The van der Waals surface area contributed by atoms with E-state index in [1.54, 1.807) is 11.8 Å². The lowest BCUT2D eigenvalue weighted by Gasteiger charge is -2.20. The number of ether oxygens (including phenoxy) is 1. The van der Waals surface area contributed by atoms with E-state index < -0.39 is 5.60 Å². The van der Waals surface area contributed by atoms with Crippen LogP contribution in [0.3, 0.4) is 0 Å². The van der Waals surface area contributed by atoms with Crippen molar-refractivity contribution < 1.29 is 9.53 Å². The Kier molecular flexibility index (Phi) is 5.40. The van der Waals surface area contributed by atoms with Crippen molar-refractivity contribution in [3.8, 4) is 0 Å². The maximum atomic E-state index is 11.7. The molecule has 1 amide bonds. The van der Waals surface area contributed by atoms with E-state index in [0.717, 1.165) is 6.42 Å². The van der Waals surface area contributed by atoms with Crippen LogP contribution in [0.5, 0.6) is 0 Å². The summed E-state index contributed by atoms with van der Waals surface area (Å²) in [5.41, 5.74) is 0.814. The van der Waals surface area contributed by atoms with Crippen LogP contribution in [0.1, 0.15) is 45.7 Å². The highest BCUT2D eigenvalue weighted by Crippen LogP contribution is 2.26. The number of amides is 1. The lowest BCUT2D eigenvalue weighted by Crippen LogP contribution is -2.37. The number of carbonyl (C=O) groups is 1. The van der Waals surface area contributed by atoms with Crippen LogP contribution in [0.4, 0.5) is 4.79 Å². The van der Waals surface area contributed by atoms with Gasteiger partial charge in [0.2, 0.25) is 0 Å². The second kappa shape index (κ2) is 6.92. The van der Waals surface area contributed by atoms with Gasteiger partial charge in [0.25, 0.3) is 0 Å². The van der Waals surface area contributed by atoms with Crippen molar-refractivity contribution in [1.29, 1.82) is 0 Å². The first-order chi connectivity index (χ1) is 10.3. The Balaban J connectivity index is 1.77. The molecule has 0 bridgehead atoms. The molecule has 1 aromatic carbocycles. The summed E-state index contributed by atoms with van der Waals surface area (Å²) in [6, 6.07) is 9.35. The van der Waals surface area contributed by atoms with Gasteiger partial charge in [-0.1, -0.05) is 12.1 Å². The smallest absolute Gasteiger partial charge is 0.407 e. The van der Waals surface area contributed by atoms with E-state index in [2.05, 4.69) is 48.1 Å². The molecule has 1 aliphatic carbocycles. The molecule has 3 atom stereocenters. The van der Waals surface area contributed by atoms with E-state index in [9.17, 15) is 4.79 Å². The van der Waals surface area contributed by atoms with Crippen molar-refractivity contribution in [2.24, 2.45) is 0 Å². The van der Waals surface area contributed by atoms with Crippen molar-refractivity contribution in [2.45, 2.75) is 62.7 Å². The molecule has 1 fully saturated rings. The van der Waals surface area contributed by atoms with Crippen molar-refractivity contribution in [3.63, 3.8) is 0 Å². The lowest BCUT2D eigenvalue weighted by atomic mass is 10.1. The maximum Gasteiger partial charge on any atom is 0.407 e. The minimum absolute atomic E-state index is 0.169. The van der Waals surface area contributed by atoms with Gasteiger partial charge in [-0.3, -0.25) is 0 Å². The fourth-order valence-corrected chi connectivity index (χ4v) is 2.72. The fourth-order valence-electron chi connectivity index (χ4n) is 2.31. The summed E-state index contributed by atoms with van der Waals surface area (Å²) in [5, 5.41) is 6.46. The van der Waals surface area contributed by atoms with Gasteiger partial charge in [-0.05, 0) is 58.1 Å². The molecule has 4 nitrogen and oxygen atoms in total. The molecule has 22 heavy (non-hydrogen) atoms. The molecule has 3 unspecified atom stereocenters. The van der Waals surface area contributed by atoms with Gasteiger partial charge in [-0.15, -0.1) is 11.8 Å². The Morgan fingerprint density at radius 1 is 1.27 bits per heavy atom.